The quantitative estimate of drug-likeness (QED) is 0.742. The molecule has 5 heteroatoms. The Morgan fingerprint density at radius 1 is 1.60 bits per heavy atom. The van der Waals surface area contributed by atoms with Crippen molar-refractivity contribution in [3.63, 3.8) is 0 Å². The first-order valence-electron chi connectivity index (χ1n) is 5.18. The molecule has 15 heavy (non-hydrogen) atoms. The van der Waals surface area contributed by atoms with Gasteiger partial charge >= 0.3 is 5.97 Å². The second-order valence-electron chi connectivity index (χ2n) is 3.60. The number of esters is 1. The van der Waals surface area contributed by atoms with Gasteiger partial charge in [-0.15, -0.1) is 0 Å². The summed E-state index contributed by atoms with van der Waals surface area (Å²) < 4.78 is 4.53. The summed E-state index contributed by atoms with van der Waals surface area (Å²) in [6.45, 7) is 4.44. The number of hydrogen-bond acceptors (Lipinski definition) is 4. The first kappa shape index (κ1) is 12.4. The highest BCUT2D eigenvalue weighted by atomic mass is 32.2. The van der Waals surface area contributed by atoms with E-state index in [0.717, 1.165) is 23.8 Å². The molecule has 0 aromatic carbocycles. The first-order chi connectivity index (χ1) is 7.15. The highest BCUT2D eigenvalue weighted by Crippen LogP contribution is 2.28. The third-order valence-corrected chi connectivity index (χ3v) is 3.99. The Balaban J connectivity index is 2.51. The molecule has 86 valence electrons. The zero-order chi connectivity index (χ0) is 11.3. The Kier molecular flexibility index (Phi) is 4.45. The van der Waals surface area contributed by atoms with Gasteiger partial charge in [0.15, 0.2) is 5.17 Å². The van der Waals surface area contributed by atoms with Crippen molar-refractivity contribution in [2.24, 2.45) is 4.99 Å². The van der Waals surface area contributed by atoms with Crippen LogP contribution in [0.5, 0.6) is 0 Å². The molecule has 0 saturated carbocycles. The number of nitrogens with one attached hydrogen (secondary N) is 1. The summed E-state index contributed by atoms with van der Waals surface area (Å²) in [5.41, 5.74) is 0.166. The summed E-state index contributed by atoms with van der Waals surface area (Å²) in [6, 6.07) is 0. The number of rotatable bonds is 4. The van der Waals surface area contributed by atoms with Crippen LogP contribution in [0.25, 0.3) is 0 Å². The Bertz CT molecular complexity index is 262. The Morgan fingerprint density at radius 3 is 2.73 bits per heavy atom. The molecule has 0 radical (unpaired) electrons. The van der Waals surface area contributed by atoms with E-state index in [1.54, 1.807) is 11.8 Å². The predicted molar refractivity (Wildman–Crippen MR) is 63.2 cm³/mol. The van der Waals surface area contributed by atoms with E-state index < -0.39 is 0 Å². The van der Waals surface area contributed by atoms with E-state index in [0.29, 0.717) is 0 Å². The summed E-state index contributed by atoms with van der Waals surface area (Å²) >= 11 is 1.68. The fraction of sp³-hybridized carbons (Fsp3) is 0.800. The van der Waals surface area contributed by atoms with Crippen LogP contribution < -0.4 is 5.32 Å². The molecule has 0 spiro atoms. The Hall–Kier alpha value is -0.710. The minimum atomic E-state index is -0.296. The molecule has 0 atom stereocenters. The number of methoxy groups -OCH3 is 1. The minimum absolute atomic E-state index is 0.106. The third-order valence-electron chi connectivity index (χ3n) is 2.79. The van der Waals surface area contributed by atoms with Crippen LogP contribution in [0.15, 0.2) is 4.99 Å². The van der Waals surface area contributed by atoms with Crippen molar-refractivity contribution in [2.45, 2.75) is 32.2 Å². The smallest absolute Gasteiger partial charge is 0.327 e. The summed E-state index contributed by atoms with van der Waals surface area (Å²) in [5.74, 6) is 0.732. The maximum absolute atomic E-state index is 10.9. The van der Waals surface area contributed by atoms with Crippen molar-refractivity contribution < 1.29 is 9.53 Å². The van der Waals surface area contributed by atoms with Gasteiger partial charge in [-0.1, -0.05) is 25.6 Å². The van der Waals surface area contributed by atoms with Gasteiger partial charge in [0.2, 0.25) is 0 Å². The fourth-order valence-corrected chi connectivity index (χ4v) is 2.76. The van der Waals surface area contributed by atoms with Crippen LogP contribution in [-0.2, 0) is 9.53 Å². The number of aliphatic imine (C=N–C) groups is 1. The second kappa shape index (κ2) is 5.39. The lowest BCUT2D eigenvalue weighted by Crippen LogP contribution is -2.42. The lowest BCUT2D eigenvalue weighted by molar-refractivity contribution is -0.138. The molecule has 1 fully saturated rings. The van der Waals surface area contributed by atoms with Gasteiger partial charge in [-0.05, 0) is 12.8 Å². The fourth-order valence-electron chi connectivity index (χ4n) is 1.42. The van der Waals surface area contributed by atoms with Gasteiger partial charge in [-0.25, -0.2) is 0 Å². The monoisotopic (exact) mass is 230 g/mol. The van der Waals surface area contributed by atoms with E-state index in [1.807, 2.05) is 0 Å². The molecule has 0 aliphatic carbocycles. The Labute approximate surface area is 94.9 Å². The summed E-state index contributed by atoms with van der Waals surface area (Å²) in [6.07, 6.45) is 2.15. The number of thioether (sulfide) groups is 1. The SMILES string of the molecule is CCC1(CC)CSC(=NCC(=O)OC)N1. The minimum Gasteiger partial charge on any atom is -0.468 e. The second-order valence-corrected chi connectivity index (χ2v) is 4.56. The highest BCUT2D eigenvalue weighted by molar-refractivity contribution is 8.14. The molecular weight excluding hydrogens is 212 g/mol. The molecule has 0 bridgehead atoms. The molecule has 0 aromatic rings. The van der Waals surface area contributed by atoms with Gasteiger partial charge in [-0.3, -0.25) is 9.79 Å². The van der Waals surface area contributed by atoms with E-state index in [4.69, 9.17) is 0 Å². The van der Waals surface area contributed by atoms with Crippen LogP contribution in [0.4, 0.5) is 0 Å². The number of ether oxygens (including phenoxy) is 1. The van der Waals surface area contributed by atoms with Crippen LogP contribution in [0.2, 0.25) is 0 Å². The lowest BCUT2D eigenvalue weighted by Gasteiger charge is -2.25. The number of carbonyl (C=O) groups is 1. The van der Waals surface area contributed by atoms with Crippen molar-refractivity contribution in [1.82, 2.24) is 5.32 Å². The molecular formula is C10H18N2O2S. The topological polar surface area (TPSA) is 50.7 Å². The van der Waals surface area contributed by atoms with Crippen LogP contribution in [0, 0.1) is 0 Å². The first-order valence-corrected chi connectivity index (χ1v) is 6.16. The molecule has 1 aliphatic rings. The van der Waals surface area contributed by atoms with Gasteiger partial charge in [-0.2, -0.15) is 0 Å². The van der Waals surface area contributed by atoms with E-state index in [1.165, 1.54) is 7.11 Å². The van der Waals surface area contributed by atoms with Gasteiger partial charge in [0.1, 0.15) is 6.54 Å². The average Bonchev–Trinajstić information content (AvgIpc) is 2.70. The Morgan fingerprint density at radius 2 is 2.27 bits per heavy atom. The highest BCUT2D eigenvalue weighted by Gasteiger charge is 2.33. The van der Waals surface area contributed by atoms with E-state index in [-0.39, 0.29) is 18.1 Å². The molecule has 1 N–H and O–H groups in total. The molecule has 1 rings (SSSR count). The molecule has 4 nitrogen and oxygen atoms in total. The molecule has 0 aromatic heterocycles. The van der Waals surface area contributed by atoms with Gasteiger partial charge < -0.3 is 10.1 Å². The van der Waals surface area contributed by atoms with Gasteiger partial charge in [0.25, 0.3) is 0 Å². The van der Waals surface area contributed by atoms with Crippen LogP contribution in [0.1, 0.15) is 26.7 Å². The van der Waals surface area contributed by atoms with E-state index >= 15 is 0 Å². The van der Waals surface area contributed by atoms with Crippen LogP contribution >= 0.6 is 11.8 Å². The number of carbonyl (C=O) groups excluding carboxylic acids is 1. The molecule has 1 aliphatic heterocycles. The molecule has 1 saturated heterocycles. The zero-order valence-electron chi connectivity index (χ0n) is 9.50. The lowest BCUT2D eigenvalue weighted by atomic mass is 9.96. The van der Waals surface area contributed by atoms with Crippen molar-refractivity contribution in [1.29, 1.82) is 0 Å². The number of hydrogen-bond donors (Lipinski definition) is 1. The largest absolute Gasteiger partial charge is 0.468 e. The maximum atomic E-state index is 10.9. The van der Waals surface area contributed by atoms with Crippen LogP contribution in [-0.4, -0.2) is 36.1 Å². The summed E-state index contributed by atoms with van der Waals surface area (Å²) in [7, 11) is 1.38. The normalized spacial score (nSPS) is 21.4. The van der Waals surface area contributed by atoms with Gasteiger partial charge in [0, 0.05) is 11.3 Å². The molecule has 0 amide bonds. The van der Waals surface area contributed by atoms with Crippen molar-refractivity contribution in [3.05, 3.63) is 0 Å². The van der Waals surface area contributed by atoms with E-state index in [9.17, 15) is 4.79 Å². The standard InChI is InChI=1S/C10H18N2O2S/c1-4-10(5-2)7-15-9(12-10)11-6-8(13)14-3/h4-7H2,1-3H3,(H,11,12). The summed E-state index contributed by atoms with van der Waals surface area (Å²) in [4.78, 5) is 15.1. The van der Waals surface area contributed by atoms with Crippen LogP contribution in [0.3, 0.4) is 0 Å². The molecule has 0 unspecified atom stereocenters. The van der Waals surface area contributed by atoms with E-state index in [2.05, 4.69) is 28.9 Å². The van der Waals surface area contributed by atoms with Crippen molar-refractivity contribution in [3.8, 4) is 0 Å². The third kappa shape index (κ3) is 3.12. The predicted octanol–water partition coefficient (Wildman–Crippen LogP) is 1.41. The zero-order valence-corrected chi connectivity index (χ0v) is 10.3. The molecule has 1 heterocycles. The number of nitrogens with zero attached hydrogens (tertiary/aromatic N) is 1. The van der Waals surface area contributed by atoms with Crippen molar-refractivity contribution in [2.75, 3.05) is 19.4 Å². The average molecular weight is 230 g/mol. The maximum Gasteiger partial charge on any atom is 0.327 e. The van der Waals surface area contributed by atoms with Crippen molar-refractivity contribution >= 4 is 22.9 Å². The number of amidine groups is 1. The van der Waals surface area contributed by atoms with Gasteiger partial charge in [0.05, 0.1) is 7.11 Å². The summed E-state index contributed by atoms with van der Waals surface area (Å²) in [5, 5.41) is 4.25.